The molecule has 3 aromatic carbocycles. The number of carboxylic acids is 1. The van der Waals surface area contributed by atoms with Gasteiger partial charge in [-0.2, -0.15) is 0 Å². The molecule has 1 amide bonds. The number of likely N-dealkylation sites (tertiary alicyclic amines) is 1. The highest BCUT2D eigenvalue weighted by Gasteiger charge is 2.41. The largest absolute Gasteiger partial charge is 0.478 e. The second-order valence-electron chi connectivity index (χ2n) is 10.8. The lowest BCUT2D eigenvalue weighted by Gasteiger charge is -2.26. The Morgan fingerprint density at radius 3 is 2.15 bits per heavy atom. The number of ether oxygens (including phenoxy) is 1. The van der Waals surface area contributed by atoms with E-state index in [0.29, 0.717) is 29.4 Å². The Morgan fingerprint density at radius 1 is 1.00 bits per heavy atom. The molecule has 0 aromatic heterocycles. The number of halogens is 1. The SMILES string of the molecule is CSc1ccc(C(=O)[C@H]2CN(C(=O)Cc3ccc(Cl)cc3)CC2c2cc(C)c(OC(C)(C)C(=O)O)c(C)c2)cc1. The van der Waals surface area contributed by atoms with Crippen LogP contribution in [0, 0.1) is 19.8 Å². The highest BCUT2D eigenvalue weighted by atomic mass is 35.5. The fourth-order valence-corrected chi connectivity index (χ4v) is 5.66. The van der Waals surface area contributed by atoms with Crippen molar-refractivity contribution in [2.24, 2.45) is 5.92 Å². The highest BCUT2D eigenvalue weighted by Crippen LogP contribution is 2.39. The predicted molar refractivity (Wildman–Crippen MR) is 159 cm³/mol. The molecular weight excluding hydrogens is 546 g/mol. The van der Waals surface area contributed by atoms with Crippen LogP contribution in [0.3, 0.4) is 0 Å². The van der Waals surface area contributed by atoms with Crippen molar-refractivity contribution in [2.45, 2.75) is 50.5 Å². The number of aliphatic carboxylic acids is 1. The van der Waals surface area contributed by atoms with Crippen molar-refractivity contribution in [3.8, 4) is 5.75 Å². The van der Waals surface area contributed by atoms with Gasteiger partial charge in [0.15, 0.2) is 11.4 Å². The van der Waals surface area contributed by atoms with E-state index in [-0.39, 0.29) is 24.0 Å². The summed E-state index contributed by atoms with van der Waals surface area (Å²) in [4.78, 5) is 41.7. The van der Waals surface area contributed by atoms with Crippen molar-refractivity contribution >= 4 is 41.0 Å². The zero-order valence-electron chi connectivity index (χ0n) is 23.4. The van der Waals surface area contributed by atoms with E-state index in [1.54, 1.807) is 28.8 Å². The molecule has 1 heterocycles. The van der Waals surface area contributed by atoms with Crippen molar-refractivity contribution in [3.05, 3.63) is 93.5 Å². The molecule has 210 valence electrons. The molecule has 0 saturated carbocycles. The van der Waals surface area contributed by atoms with Crippen LogP contribution < -0.4 is 4.74 Å². The number of thioether (sulfide) groups is 1. The maximum Gasteiger partial charge on any atom is 0.347 e. The summed E-state index contributed by atoms with van der Waals surface area (Å²) in [5.41, 5.74) is 2.59. The molecule has 8 heteroatoms. The molecular formula is C32H34ClNO5S. The van der Waals surface area contributed by atoms with Gasteiger partial charge in [-0.1, -0.05) is 48.0 Å². The summed E-state index contributed by atoms with van der Waals surface area (Å²) in [7, 11) is 0. The fourth-order valence-electron chi connectivity index (χ4n) is 5.13. The summed E-state index contributed by atoms with van der Waals surface area (Å²) in [5, 5.41) is 10.2. The molecule has 40 heavy (non-hydrogen) atoms. The van der Waals surface area contributed by atoms with E-state index in [1.807, 2.05) is 68.6 Å². The van der Waals surface area contributed by atoms with Crippen LogP contribution in [0.5, 0.6) is 5.75 Å². The number of amides is 1. The average Bonchev–Trinajstić information content (AvgIpc) is 3.37. The summed E-state index contributed by atoms with van der Waals surface area (Å²) in [6.07, 6.45) is 2.21. The molecule has 1 unspecified atom stereocenters. The van der Waals surface area contributed by atoms with Crippen molar-refractivity contribution < 1.29 is 24.2 Å². The molecule has 3 aromatic rings. The minimum atomic E-state index is -1.39. The van der Waals surface area contributed by atoms with Crippen LogP contribution in [-0.2, 0) is 16.0 Å². The number of nitrogens with zero attached hydrogens (tertiary/aromatic N) is 1. The summed E-state index contributed by atoms with van der Waals surface area (Å²) >= 11 is 7.62. The van der Waals surface area contributed by atoms with Crippen molar-refractivity contribution in [2.75, 3.05) is 19.3 Å². The Balaban J connectivity index is 1.66. The normalized spacial score (nSPS) is 17.1. The molecule has 0 spiro atoms. The number of aryl methyl sites for hydroxylation is 2. The monoisotopic (exact) mass is 579 g/mol. The van der Waals surface area contributed by atoms with E-state index < -0.39 is 17.5 Å². The molecule has 4 rings (SSSR count). The minimum Gasteiger partial charge on any atom is -0.478 e. The van der Waals surface area contributed by atoms with Crippen LogP contribution in [0.4, 0.5) is 0 Å². The van der Waals surface area contributed by atoms with Gasteiger partial charge in [-0.25, -0.2) is 4.79 Å². The van der Waals surface area contributed by atoms with E-state index in [0.717, 1.165) is 27.1 Å². The molecule has 6 nitrogen and oxygen atoms in total. The van der Waals surface area contributed by atoms with Crippen LogP contribution in [0.2, 0.25) is 5.02 Å². The number of carboxylic acid groups (broad SMARTS) is 1. The molecule has 2 atom stereocenters. The molecule has 1 N–H and O–H groups in total. The number of hydrogen-bond donors (Lipinski definition) is 1. The van der Waals surface area contributed by atoms with Gasteiger partial charge >= 0.3 is 5.97 Å². The Hall–Kier alpha value is -3.29. The number of carbonyl (C=O) groups is 3. The first-order chi connectivity index (χ1) is 18.9. The van der Waals surface area contributed by atoms with Crippen molar-refractivity contribution in [3.63, 3.8) is 0 Å². The lowest BCUT2D eigenvalue weighted by atomic mass is 9.82. The maximum atomic E-state index is 13.8. The molecule has 1 aliphatic heterocycles. The number of hydrogen-bond acceptors (Lipinski definition) is 5. The molecule has 0 radical (unpaired) electrons. The number of Topliss-reactive ketones (excluding diaryl/α,β-unsaturated/α-hetero) is 1. The van der Waals surface area contributed by atoms with Crippen LogP contribution in [0.25, 0.3) is 0 Å². The first kappa shape index (κ1) is 29.7. The lowest BCUT2D eigenvalue weighted by Crippen LogP contribution is -2.38. The topological polar surface area (TPSA) is 83.9 Å². The zero-order valence-corrected chi connectivity index (χ0v) is 24.9. The molecule has 0 aliphatic carbocycles. The zero-order chi connectivity index (χ0) is 29.2. The van der Waals surface area contributed by atoms with Crippen LogP contribution >= 0.6 is 23.4 Å². The van der Waals surface area contributed by atoms with Gasteiger partial charge in [0, 0.05) is 40.4 Å². The summed E-state index contributed by atoms with van der Waals surface area (Å²) in [5.74, 6) is -1.23. The van der Waals surface area contributed by atoms with Crippen molar-refractivity contribution in [1.29, 1.82) is 0 Å². The first-order valence-corrected chi connectivity index (χ1v) is 14.7. The van der Waals surface area contributed by atoms with Gasteiger partial charge in [0.25, 0.3) is 0 Å². The molecule has 0 bridgehead atoms. The van der Waals surface area contributed by atoms with Gasteiger partial charge in [0.2, 0.25) is 5.91 Å². The Kier molecular flexibility index (Phi) is 8.96. The van der Waals surface area contributed by atoms with Crippen LogP contribution in [0.1, 0.15) is 52.4 Å². The van der Waals surface area contributed by atoms with Gasteiger partial charge in [0.1, 0.15) is 5.75 Å². The van der Waals surface area contributed by atoms with E-state index >= 15 is 0 Å². The van der Waals surface area contributed by atoms with Gasteiger partial charge in [-0.15, -0.1) is 11.8 Å². The summed E-state index contributed by atoms with van der Waals surface area (Å²) < 4.78 is 5.90. The van der Waals surface area contributed by atoms with Gasteiger partial charge in [0.05, 0.1) is 6.42 Å². The van der Waals surface area contributed by atoms with Gasteiger partial charge in [-0.05, 0) is 80.5 Å². The molecule has 1 aliphatic rings. The second kappa shape index (κ2) is 12.1. The highest BCUT2D eigenvalue weighted by molar-refractivity contribution is 7.98. The number of rotatable bonds is 9. The summed E-state index contributed by atoms with van der Waals surface area (Å²) in [6.45, 7) is 7.51. The molecule has 1 fully saturated rings. The van der Waals surface area contributed by atoms with Crippen LogP contribution in [0.15, 0.2) is 65.6 Å². The Morgan fingerprint density at radius 2 is 1.60 bits per heavy atom. The lowest BCUT2D eigenvalue weighted by molar-refractivity contribution is -0.152. The summed E-state index contributed by atoms with van der Waals surface area (Å²) in [6, 6.07) is 18.7. The molecule has 1 saturated heterocycles. The maximum absolute atomic E-state index is 13.8. The van der Waals surface area contributed by atoms with E-state index in [4.69, 9.17) is 16.3 Å². The smallest absolute Gasteiger partial charge is 0.347 e. The van der Waals surface area contributed by atoms with E-state index in [1.165, 1.54) is 13.8 Å². The van der Waals surface area contributed by atoms with Crippen LogP contribution in [-0.4, -0.2) is 52.6 Å². The third-order valence-corrected chi connectivity index (χ3v) is 8.43. The Labute approximate surface area is 244 Å². The Bertz CT molecular complexity index is 1400. The van der Waals surface area contributed by atoms with Gasteiger partial charge in [-0.3, -0.25) is 9.59 Å². The predicted octanol–water partition coefficient (Wildman–Crippen LogP) is 6.59. The third-order valence-electron chi connectivity index (χ3n) is 7.44. The van der Waals surface area contributed by atoms with E-state index in [2.05, 4.69) is 0 Å². The fraction of sp³-hybridized carbons (Fsp3) is 0.344. The van der Waals surface area contributed by atoms with Gasteiger partial charge < -0.3 is 14.7 Å². The number of ketones is 1. The average molecular weight is 580 g/mol. The van der Waals surface area contributed by atoms with E-state index in [9.17, 15) is 19.5 Å². The number of carbonyl (C=O) groups excluding carboxylic acids is 2. The standard InChI is InChI=1S/C32H34ClNO5S/c1-19-14-23(15-20(2)30(19)39-32(3,4)31(37)38)26-17-34(28(35)16-21-6-10-24(33)11-7-21)18-27(26)29(36)22-8-12-25(40-5)13-9-22/h6-15,26-27H,16-18H2,1-5H3,(H,37,38)/t26?,27-/m0/s1. The van der Waals surface area contributed by atoms with Crippen molar-refractivity contribution in [1.82, 2.24) is 4.90 Å². The number of benzene rings is 3. The quantitative estimate of drug-likeness (QED) is 0.227. The second-order valence-corrected chi connectivity index (χ2v) is 12.1. The first-order valence-electron chi connectivity index (χ1n) is 13.1. The minimum absolute atomic E-state index is 0.00193. The third kappa shape index (κ3) is 6.53.